The Kier molecular flexibility index (Phi) is 2.79. The highest BCUT2D eigenvalue weighted by Crippen LogP contribution is 2.33. The second-order valence-electron chi connectivity index (χ2n) is 4.47. The van der Waals surface area contributed by atoms with Crippen molar-refractivity contribution in [3.05, 3.63) is 21.6 Å². The smallest absolute Gasteiger partial charge is 0.329 e. The van der Waals surface area contributed by atoms with E-state index in [1.165, 1.54) is 0 Å². The van der Waals surface area contributed by atoms with Gasteiger partial charge in [0.1, 0.15) is 6.20 Å². The van der Waals surface area contributed by atoms with Gasteiger partial charge in [-0.25, -0.2) is 4.98 Å². The van der Waals surface area contributed by atoms with Gasteiger partial charge in [0, 0.05) is 13.1 Å². The van der Waals surface area contributed by atoms with Crippen LogP contribution in [0.1, 0.15) is 12.8 Å². The molecule has 0 radical (unpaired) electrons. The molecule has 0 N–H and O–H groups in total. The highest BCUT2D eigenvalue weighted by Gasteiger charge is 2.36. The second-order valence-corrected chi connectivity index (χ2v) is 4.81. The third-order valence-corrected chi connectivity index (χ3v) is 3.44. The summed E-state index contributed by atoms with van der Waals surface area (Å²) in [5.41, 5.74) is -0.110. The summed E-state index contributed by atoms with van der Waals surface area (Å²) in [6, 6.07) is 0. The van der Waals surface area contributed by atoms with Crippen LogP contribution in [0.5, 0.6) is 0 Å². The van der Waals surface area contributed by atoms with E-state index >= 15 is 0 Å². The quantitative estimate of drug-likeness (QED) is 0.459. The minimum Gasteiger partial charge on any atom is -0.371 e. The van der Waals surface area contributed by atoms with E-state index in [2.05, 4.69) is 9.97 Å². The van der Waals surface area contributed by atoms with E-state index in [0.29, 0.717) is 18.9 Å². The van der Waals surface area contributed by atoms with Gasteiger partial charge in [0.05, 0.1) is 17.1 Å². The molecule has 3 heterocycles. The number of hydrogen-bond acceptors (Lipinski definition) is 6. The molecule has 2 saturated heterocycles. The van der Waals surface area contributed by atoms with Gasteiger partial charge in [0.15, 0.2) is 0 Å². The molecule has 0 aliphatic carbocycles. The molecule has 1 aromatic heterocycles. The molecule has 8 heteroatoms. The average Bonchev–Trinajstić information content (AvgIpc) is 2.67. The molecular formula is C10H11ClN4O3. The number of nitrogens with zero attached hydrogens (tertiary/aromatic N) is 4. The minimum atomic E-state index is -0.483. The van der Waals surface area contributed by atoms with Crippen molar-refractivity contribution in [3.8, 4) is 0 Å². The van der Waals surface area contributed by atoms with Gasteiger partial charge in [-0.3, -0.25) is 10.1 Å². The highest BCUT2D eigenvalue weighted by molar-refractivity contribution is 6.28. The van der Waals surface area contributed by atoms with Crippen LogP contribution < -0.4 is 4.90 Å². The maximum atomic E-state index is 11.0. The Morgan fingerprint density at radius 2 is 2.11 bits per heavy atom. The van der Waals surface area contributed by atoms with Gasteiger partial charge in [0.25, 0.3) is 0 Å². The van der Waals surface area contributed by atoms with Crippen LogP contribution >= 0.6 is 11.6 Å². The predicted octanol–water partition coefficient (Wildman–Crippen LogP) is 1.41. The molecule has 0 aromatic carbocycles. The van der Waals surface area contributed by atoms with Crippen molar-refractivity contribution in [2.45, 2.75) is 25.0 Å². The molecule has 2 bridgehead atoms. The molecule has 2 fully saturated rings. The summed E-state index contributed by atoms with van der Waals surface area (Å²) in [7, 11) is 0. The molecule has 2 unspecified atom stereocenters. The molecule has 2 aliphatic heterocycles. The van der Waals surface area contributed by atoms with E-state index in [-0.39, 0.29) is 23.2 Å². The first-order valence-corrected chi connectivity index (χ1v) is 6.08. The van der Waals surface area contributed by atoms with Crippen LogP contribution in [0.15, 0.2) is 6.20 Å². The first-order valence-electron chi connectivity index (χ1n) is 5.71. The molecule has 96 valence electrons. The number of morpholine rings is 1. The number of halogens is 1. The fraction of sp³-hybridized carbons (Fsp3) is 0.600. The standard InChI is InChI=1S/C10H11ClN4O3/c11-10-12-3-8(15(16)17)9(13-10)14-4-6-1-2-7(5-14)18-6/h3,6-7H,1-2,4-5H2. The number of hydrogen-bond donors (Lipinski definition) is 0. The fourth-order valence-corrected chi connectivity index (χ4v) is 2.62. The van der Waals surface area contributed by atoms with Crippen molar-refractivity contribution in [3.63, 3.8) is 0 Å². The van der Waals surface area contributed by atoms with Crippen molar-refractivity contribution in [1.29, 1.82) is 0 Å². The van der Waals surface area contributed by atoms with E-state index in [4.69, 9.17) is 16.3 Å². The molecule has 2 aliphatic rings. The molecule has 18 heavy (non-hydrogen) atoms. The van der Waals surface area contributed by atoms with Crippen molar-refractivity contribution in [1.82, 2.24) is 9.97 Å². The summed E-state index contributed by atoms with van der Waals surface area (Å²) in [4.78, 5) is 20.0. The fourth-order valence-electron chi connectivity index (χ4n) is 2.49. The summed E-state index contributed by atoms with van der Waals surface area (Å²) < 4.78 is 5.69. The van der Waals surface area contributed by atoms with E-state index in [0.717, 1.165) is 19.0 Å². The zero-order valence-electron chi connectivity index (χ0n) is 9.45. The van der Waals surface area contributed by atoms with E-state index < -0.39 is 4.92 Å². The van der Waals surface area contributed by atoms with Crippen molar-refractivity contribution >= 4 is 23.1 Å². The lowest BCUT2D eigenvalue weighted by Gasteiger charge is -2.32. The highest BCUT2D eigenvalue weighted by atomic mass is 35.5. The molecule has 0 saturated carbocycles. The molecule has 0 amide bonds. The Bertz CT molecular complexity index is 486. The van der Waals surface area contributed by atoms with Crippen molar-refractivity contribution in [2.75, 3.05) is 18.0 Å². The second kappa shape index (κ2) is 4.33. The maximum Gasteiger partial charge on any atom is 0.329 e. The number of aromatic nitrogens is 2. The van der Waals surface area contributed by atoms with Crippen LogP contribution in [0.4, 0.5) is 11.5 Å². The Morgan fingerprint density at radius 1 is 1.44 bits per heavy atom. The summed E-state index contributed by atoms with van der Waals surface area (Å²) >= 11 is 5.73. The van der Waals surface area contributed by atoms with Crippen LogP contribution in [0.3, 0.4) is 0 Å². The minimum absolute atomic E-state index is 0.0226. The summed E-state index contributed by atoms with van der Waals surface area (Å²) in [5, 5.41) is 11.0. The van der Waals surface area contributed by atoms with Gasteiger partial charge in [-0.2, -0.15) is 4.98 Å². The average molecular weight is 271 g/mol. The summed E-state index contributed by atoms with van der Waals surface area (Å²) in [6.45, 7) is 1.23. The first kappa shape index (κ1) is 11.6. The van der Waals surface area contributed by atoms with E-state index in [1.54, 1.807) is 0 Å². The number of nitro groups is 1. The Hall–Kier alpha value is -1.47. The van der Waals surface area contributed by atoms with Crippen molar-refractivity contribution < 1.29 is 9.66 Å². The number of rotatable bonds is 2. The van der Waals surface area contributed by atoms with Gasteiger partial charge in [0.2, 0.25) is 11.1 Å². The molecule has 7 nitrogen and oxygen atoms in total. The van der Waals surface area contributed by atoms with Gasteiger partial charge in [-0.05, 0) is 24.4 Å². The number of fused-ring (bicyclic) bond motifs is 2. The lowest BCUT2D eigenvalue weighted by molar-refractivity contribution is -0.384. The van der Waals surface area contributed by atoms with Gasteiger partial charge in [-0.15, -0.1) is 0 Å². The molecule has 2 atom stereocenters. The number of anilines is 1. The van der Waals surface area contributed by atoms with E-state index in [1.807, 2.05) is 4.90 Å². The Morgan fingerprint density at radius 3 is 2.72 bits per heavy atom. The Balaban J connectivity index is 1.95. The molecule has 0 spiro atoms. The van der Waals surface area contributed by atoms with Crippen LogP contribution in [0, 0.1) is 10.1 Å². The monoisotopic (exact) mass is 270 g/mol. The van der Waals surface area contributed by atoms with E-state index in [9.17, 15) is 10.1 Å². The lowest BCUT2D eigenvalue weighted by Crippen LogP contribution is -2.43. The molecule has 1 aromatic rings. The first-order chi connectivity index (χ1) is 8.63. The zero-order chi connectivity index (χ0) is 12.7. The largest absolute Gasteiger partial charge is 0.371 e. The van der Waals surface area contributed by atoms with Crippen LogP contribution in [0.25, 0.3) is 0 Å². The van der Waals surface area contributed by atoms with Crippen LogP contribution in [-0.2, 0) is 4.74 Å². The third kappa shape index (κ3) is 1.99. The maximum absolute atomic E-state index is 11.0. The lowest BCUT2D eigenvalue weighted by atomic mass is 10.2. The topological polar surface area (TPSA) is 81.4 Å². The van der Waals surface area contributed by atoms with Gasteiger partial charge >= 0.3 is 5.69 Å². The predicted molar refractivity (Wildman–Crippen MR) is 63.8 cm³/mol. The zero-order valence-corrected chi connectivity index (χ0v) is 10.2. The van der Waals surface area contributed by atoms with Crippen LogP contribution in [-0.4, -0.2) is 40.2 Å². The Labute approximate surface area is 108 Å². The summed E-state index contributed by atoms with van der Waals surface area (Å²) in [5.74, 6) is 0.292. The normalized spacial score (nSPS) is 26.4. The SMILES string of the molecule is O=[N+]([O-])c1cnc(Cl)nc1N1CC2CCC(C1)O2. The molecular weight excluding hydrogens is 260 g/mol. The molecule has 3 rings (SSSR count). The number of ether oxygens (including phenoxy) is 1. The van der Waals surface area contributed by atoms with Crippen LogP contribution in [0.2, 0.25) is 5.28 Å². The summed E-state index contributed by atoms with van der Waals surface area (Å²) in [6.07, 6.45) is 3.41. The van der Waals surface area contributed by atoms with Gasteiger partial charge < -0.3 is 9.64 Å². The third-order valence-electron chi connectivity index (χ3n) is 3.26. The van der Waals surface area contributed by atoms with Gasteiger partial charge in [-0.1, -0.05) is 0 Å². The van der Waals surface area contributed by atoms with Crippen molar-refractivity contribution in [2.24, 2.45) is 0 Å².